The fraction of sp³-hybridized carbons (Fsp3) is 0.333. The summed E-state index contributed by atoms with van der Waals surface area (Å²) in [6.07, 6.45) is -0.101. The number of carbonyl (C=O) groups excluding carboxylic acids is 1. The summed E-state index contributed by atoms with van der Waals surface area (Å²) in [6, 6.07) is 0. The lowest BCUT2D eigenvalue weighted by Gasteiger charge is -2.03. The summed E-state index contributed by atoms with van der Waals surface area (Å²) in [5.74, 6) is -0.854. The van der Waals surface area contributed by atoms with Crippen molar-refractivity contribution in [2.75, 3.05) is 11.1 Å². The van der Waals surface area contributed by atoms with Crippen molar-refractivity contribution in [3.63, 3.8) is 0 Å². The van der Waals surface area contributed by atoms with Gasteiger partial charge in [-0.3, -0.25) is 14.7 Å². The molecule has 0 fully saturated rings. The second-order valence-corrected chi connectivity index (χ2v) is 6.40. The summed E-state index contributed by atoms with van der Waals surface area (Å²) in [4.78, 5) is 26.6. The maximum Gasteiger partial charge on any atom is 0.309 e. The summed E-state index contributed by atoms with van der Waals surface area (Å²) in [7, 11) is 0. The lowest BCUT2D eigenvalue weighted by molar-refractivity contribution is -0.136. The van der Waals surface area contributed by atoms with E-state index < -0.39 is 5.97 Å². The van der Waals surface area contributed by atoms with E-state index >= 15 is 0 Å². The second kappa shape index (κ2) is 6.72. The van der Waals surface area contributed by atoms with Crippen molar-refractivity contribution in [1.29, 1.82) is 0 Å². The Kier molecular flexibility index (Phi) is 4.97. The molecule has 0 aromatic carbocycles. The van der Waals surface area contributed by atoms with E-state index in [4.69, 9.17) is 5.11 Å². The van der Waals surface area contributed by atoms with Gasteiger partial charge in [0.2, 0.25) is 5.91 Å². The Morgan fingerprint density at radius 2 is 2.24 bits per heavy atom. The van der Waals surface area contributed by atoms with E-state index in [0.29, 0.717) is 15.7 Å². The summed E-state index contributed by atoms with van der Waals surface area (Å²) in [5, 5.41) is 20.0. The molecule has 9 heteroatoms. The number of thioether (sulfide) groups is 1. The first-order chi connectivity index (χ1) is 9.95. The van der Waals surface area contributed by atoms with Gasteiger partial charge in [0.25, 0.3) is 0 Å². The zero-order valence-corrected chi connectivity index (χ0v) is 13.1. The predicted molar refractivity (Wildman–Crippen MR) is 80.9 cm³/mol. The molecule has 2 aromatic rings. The van der Waals surface area contributed by atoms with Gasteiger partial charge < -0.3 is 10.4 Å². The minimum absolute atomic E-state index is 0.101. The average molecular weight is 326 g/mol. The quantitative estimate of drug-likeness (QED) is 0.699. The van der Waals surface area contributed by atoms with Gasteiger partial charge in [0.05, 0.1) is 34.9 Å². The molecule has 0 radical (unpaired) electrons. The summed E-state index contributed by atoms with van der Waals surface area (Å²) in [5.41, 5.74) is 2.76. The summed E-state index contributed by atoms with van der Waals surface area (Å²) < 4.78 is 0.682. The fourth-order valence-corrected chi connectivity index (χ4v) is 3.27. The van der Waals surface area contributed by atoms with Gasteiger partial charge in [-0.25, -0.2) is 4.98 Å². The van der Waals surface area contributed by atoms with E-state index in [9.17, 15) is 9.59 Å². The smallest absolute Gasteiger partial charge is 0.309 e. The number of rotatable bonds is 6. The highest BCUT2D eigenvalue weighted by atomic mass is 32.2. The zero-order chi connectivity index (χ0) is 15.4. The minimum atomic E-state index is -0.916. The number of hydrogen-bond donors (Lipinski definition) is 3. The first kappa shape index (κ1) is 15.5. The lowest BCUT2D eigenvalue weighted by atomic mass is 10.3. The molecule has 0 spiro atoms. The Labute approximate surface area is 129 Å². The molecule has 2 aromatic heterocycles. The number of nitrogens with one attached hydrogen (secondary N) is 2. The van der Waals surface area contributed by atoms with Gasteiger partial charge in [0, 0.05) is 5.38 Å². The lowest BCUT2D eigenvalue weighted by Crippen LogP contribution is -2.15. The standard InChI is InChI=1S/C12H14N4O3S2/c1-6-11(7(2)16-15-6)14-9(17)5-21-12-13-8(4-20-12)3-10(18)19/h4H,3,5H2,1-2H3,(H,14,17)(H,15,16)(H,18,19). The molecule has 2 heterocycles. The van der Waals surface area contributed by atoms with Crippen LogP contribution in [0.4, 0.5) is 5.69 Å². The number of aryl methyl sites for hydroxylation is 2. The Morgan fingerprint density at radius 3 is 2.86 bits per heavy atom. The molecule has 0 unspecified atom stereocenters. The van der Waals surface area contributed by atoms with E-state index in [1.165, 1.54) is 23.1 Å². The van der Waals surface area contributed by atoms with Crippen molar-refractivity contribution >= 4 is 40.7 Å². The molecule has 7 nitrogen and oxygen atoms in total. The van der Waals surface area contributed by atoms with Crippen molar-refractivity contribution in [3.8, 4) is 0 Å². The number of anilines is 1. The third kappa shape index (κ3) is 4.30. The molecule has 0 atom stereocenters. The predicted octanol–water partition coefficient (Wildman–Crippen LogP) is 1.84. The maximum atomic E-state index is 11.9. The van der Waals surface area contributed by atoms with Crippen LogP contribution in [0.3, 0.4) is 0 Å². The van der Waals surface area contributed by atoms with Crippen molar-refractivity contribution in [1.82, 2.24) is 15.2 Å². The van der Waals surface area contributed by atoms with Crippen LogP contribution in [0, 0.1) is 13.8 Å². The highest BCUT2D eigenvalue weighted by Gasteiger charge is 2.12. The van der Waals surface area contributed by atoms with Crippen molar-refractivity contribution in [3.05, 3.63) is 22.5 Å². The average Bonchev–Trinajstić information content (AvgIpc) is 2.97. The SMILES string of the molecule is Cc1n[nH]c(C)c1NC(=O)CSc1nc(CC(=O)O)cs1. The van der Waals surface area contributed by atoms with E-state index in [1.807, 2.05) is 13.8 Å². The molecule has 2 rings (SSSR count). The van der Waals surface area contributed by atoms with E-state index in [2.05, 4.69) is 20.5 Å². The fourth-order valence-electron chi connectivity index (χ4n) is 1.63. The van der Waals surface area contributed by atoms with Crippen LogP contribution in [0.2, 0.25) is 0 Å². The maximum absolute atomic E-state index is 11.9. The number of hydrogen-bond acceptors (Lipinski definition) is 6. The molecule has 0 bridgehead atoms. The molecular formula is C12H14N4O3S2. The van der Waals surface area contributed by atoms with Crippen molar-refractivity contribution in [2.45, 2.75) is 24.6 Å². The third-order valence-electron chi connectivity index (χ3n) is 2.58. The number of aromatic nitrogens is 3. The number of thiazole rings is 1. The van der Waals surface area contributed by atoms with Crippen LogP contribution >= 0.6 is 23.1 Å². The molecule has 0 saturated carbocycles. The number of carboxylic acids is 1. The van der Waals surface area contributed by atoms with Gasteiger partial charge in [0.15, 0.2) is 4.34 Å². The Bertz CT molecular complexity index is 646. The monoisotopic (exact) mass is 326 g/mol. The second-order valence-electron chi connectivity index (χ2n) is 4.32. The topological polar surface area (TPSA) is 108 Å². The van der Waals surface area contributed by atoms with Crippen LogP contribution in [0.25, 0.3) is 0 Å². The first-order valence-electron chi connectivity index (χ1n) is 6.06. The first-order valence-corrected chi connectivity index (χ1v) is 7.92. The van der Waals surface area contributed by atoms with Crippen LogP contribution in [-0.4, -0.2) is 37.9 Å². The van der Waals surface area contributed by atoms with Gasteiger partial charge in [-0.2, -0.15) is 5.10 Å². The largest absolute Gasteiger partial charge is 0.481 e. The molecule has 0 aliphatic rings. The van der Waals surface area contributed by atoms with Gasteiger partial charge in [0.1, 0.15) is 0 Å². The summed E-state index contributed by atoms with van der Waals surface area (Å²) >= 11 is 2.62. The number of nitrogens with zero attached hydrogens (tertiary/aromatic N) is 2. The molecule has 3 N–H and O–H groups in total. The molecule has 1 amide bonds. The van der Waals surface area contributed by atoms with Crippen LogP contribution in [-0.2, 0) is 16.0 Å². The Morgan fingerprint density at radius 1 is 1.48 bits per heavy atom. The Hall–Kier alpha value is -1.87. The third-order valence-corrected chi connectivity index (χ3v) is 4.65. The van der Waals surface area contributed by atoms with Crippen molar-refractivity contribution in [2.24, 2.45) is 0 Å². The number of carbonyl (C=O) groups is 2. The van der Waals surface area contributed by atoms with Gasteiger partial charge in [-0.1, -0.05) is 11.8 Å². The Balaban J connectivity index is 1.86. The molecule has 0 aliphatic heterocycles. The van der Waals surface area contributed by atoms with Gasteiger partial charge in [-0.05, 0) is 13.8 Å². The number of aromatic amines is 1. The highest BCUT2D eigenvalue weighted by Crippen LogP contribution is 2.23. The number of aliphatic carboxylic acids is 1. The highest BCUT2D eigenvalue weighted by molar-refractivity contribution is 8.01. The molecule has 21 heavy (non-hydrogen) atoms. The summed E-state index contributed by atoms with van der Waals surface area (Å²) in [6.45, 7) is 3.65. The van der Waals surface area contributed by atoms with Crippen LogP contribution in [0.5, 0.6) is 0 Å². The zero-order valence-electron chi connectivity index (χ0n) is 11.5. The van der Waals surface area contributed by atoms with Crippen LogP contribution in [0.1, 0.15) is 17.1 Å². The number of H-pyrrole nitrogens is 1. The van der Waals surface area contributed by atoms with Crippen LogP contribution in [0.15, 0.2) is 9.72 Å². The molecular weight excluding hydrogens is 312 g/mol. The van der Waals surface area contributed by atoms with E-state index in [1.54, 1.807) is 5.38 Å². The van der Waals surface area contributed by atoms with Crippen molar-refractivity contribution < 1.29 is 14.7 Å². The van der Waals surface area contributed by atoms with Crippen LogP contribution < -0.4 is 5.32 Å². The van der Waals surface area contributed by atoms with Gasteiger partial charge >= 0.3 is 5.97 Å². The molecule has 112 valence electrons. The van der Waals surface area contributed by atoms with E-state index in [-0.39, 0.29) is 18.1 Å². The van der Waals surface area contributed by atoms with Gasteiger partial charge in [-0.15, -0.1) is 11.3 Å². The number of carboxylic acid groups (broad SMARTS) is 1. The molecule has 0 saturated heterocycles. The molecule has 0 aliphatic carbocycles. The minimum Gasteiger partial charge on any atom is -0.481 e. The van der Waals surface area contributed by atoms with E-state index in [0.717, 1.165) is 11.4 Å². The number of amides is 1. The normalized spacial score (nSPS) is 10.6.